The van der Waals surface area contributed by atoms with Gasteiger partial charge in [-0.2, -0.15) is 0 Å². The Kier molecular flexibility index (Phi) is 9.11. The molecule has 0 heterocycles. The molecule has 0 radical (unpaired) electrons. The van der Waals surface area contributed by atoms with Crippen molar-refractivity contribution in [3.8, 4) is 5.75 Å². The lowest BCUT2D eigenvalue weighted by Crippen LogP contribution is -2.24. The minimum atomic E-state index is -3.43. The maximum Gasteiger partial charge on any atom is 0.240 e. The van der Waals surface area contributed by atoms with E-state index in [4.69, 9.17) is 10.5 Å². The Labute approximate surface area is 134 Å². The molecule has 3 N–H and O–H groups in total. The molecule has 0 saturated carbocycles. The van der Waals surface area contributed by atoms with E-state index in [2.05, 4.69) is 11.6 Å². The van der Waals surface area contributed by atoms with Gasteiger partial charge >= 0.3 is 0 Å². The van der Waals surface area contributed by atoms with E-state index < -0.39 is 10.0 Å². The average Bonchev–Trinajstić information content (AvgIpc) is 2.52. The number of hydrogen-bond acceptors (Lipinski definition) is 4. The number of benzene rings is 1. The fraction of sp³-hybridized carbons (Fsp3) is 0.625. The Morgan fingerprint density at radius 2 is 1.77 bits per heavy atom. The van der Waals surface area contributed by atoms with Gasteiger partial charge in [0.05, 0.1) is 11.5 Å². The van der Waals surface area contributed by atoms with E-state index in [1.54, 1.807) is 24.3 Å². The van der Waals surface area contributed by atoms with E-state index in [0.29, 0.717) is 25.4 Å². The Morgan fingerprint density at radius 3 is 2.41 bits per heavy atom. The monoisotopic (exact) mass is 328 g/mol. The molecule has 126 valence electrons. The highest BCUT2D eigenvalue weighted by Crippen LogP contribution is 2.16. The molecule has 0 aliphatic rings. The molecule has 0 fully saturated rings. The third-order valence-corrected chi connectivity index (χ3v) is 4.80. The Balaban J connectivity index is 2.43. The van der Waals surface area contributed by atoms with Crippen molar-refractivity contribution in [1.29, 1.82) is 0 Å². The number of sulfonamides is 1. The molecule has 6 heteroatoms. The first-order valence-electron chi connectivity index (χ1n) is 8.02. The summed E-state index contributed by atoms with van der Waals surface area (Å²) in [5, 5.41) is 0. The third kappa shape index (κ3) is 7.24. The van der Waals surface area contributed by atoms with Crippen molar-refractivity contribution in [3.05, 3.63) is 24.3 Å². The Hall–Kier alpha value is -1.11. The Bertz CT molecular complexity index is 501. The fourth-order valence-electron chi connectivity index (χ4n) is 1.99. The van der Waals surface area contributed by atoms with E-state index in [1.165, 1.54) is 0 Å². The first-order chi connectivity index (χ1) is 10.6. The molecule has 0 aromatic heterocycles. The first-order valence-corrected chi connectivity index (χ1v) is 9.51. The summed E-state index contributed by atoms with van der Waals surface area (Å²) < 4.78 is 32.4. The van der Waals surface area contributed by atoms with Gasteiger partial charge in [0, 0.05) is 6.54 Å². The minimum absolute atomic E-state index is 0.271. The van der Waals surface area contributed by atoms with Crippen molar-refractivity contribution in [1.82, 2.24) is 4.72 Å². The predicted octanol–water partition coefficient (Wildman–Crippen LogP) is 2.66. The van der Waals surface area contributed by atoms with E-state index in [0.717, 1.165) is 38.5 Å². The molecule has 22 heavy (non-hydrogen) atoms. The van der Waals surface area contributed by atoms with E-state index in [9.17, 15) is 8.42 Å². The number of rotatable bonds is 12. The van der Waals surface area contributed by atoms with Crippen LogP contribution in [-0.4, -0.2) is 28.1 Å². The average molecular weight is 328 g/mol. The quantitative estimate of drug-likeness (QED) is 0.578. The highest BCUT2D eigenvalue weighted by Gasteiger charge is 2.12. The molecule has 0 aliphatic carbocycles. The summed E-state index contributed by atoms with van der Waals surface area (Å²) in [5.41, 5.74) is 5.40. The second-order valence-corrected chi connectivity index (χ2v) is 7.04. The molecule has 1 aromatic carbocycles. The maximum absolute atomic E-state index is 12.1. The molecule has 0 atom stereocenters. The van der Waals surface area contributed by atoms with Crippen molar-refractivity contribution >= 4 is 10.0 Å². The van der Waals surface area contributed by atoms with Crippen LogP contribution in [0.15, 0.2) is 29.2 Å². The van der Waals surface area contributed by atoms with Gasteiger partial charge in [0.25, 0.3) is 0 Å². The molecular weight excluding hydrogens is 300 g/mol. The van der Waals surface area contributed by atoms with Gasteiger partial charge in [0.15, 0.2) is 0 Å². The standard InChI is InChI=1S/C16H28N2O3S/c1-2-3-7-14-21-15-8-10-16(11-9-15)22(19,20)18-13-6-4-5-12-17/h8-11,18H,2-7,12-14,17H2,1H3. The maximum atomic E-state index is 12.1. The van der Waals surface area contributed by atoms with Crippen LogP contribution < -0.4 is 15.2 Å². The third-order valence-electron chi connectivity index (χ3n) is 3.32. The van der Waals surface area contributed by atoms with E-state index in [1.807, 2.05) is 0 Å². The zero-order valence-corrected chi connectivity index (χ0v) is 14.2. The largest absolute Gasteiger partial charge is 0.494 e. The van der Waals surface area contributed by atoms with Crippen LogP contribution in [0.4, 0.5) is 0 Å². The highest BCUT2D eigenvalue weighted by molar-refractivity contribution is 7.89. The predicted molar refractivity (Wildman–Crippen MR) is 89.6 cm³/mol. The summed E-state index contributed by atoms with van der Waals surface area (Å²) in [4.78, 5) is 0.271. The lowest BCUT2D eigenvalue weighted by atomic mass is 10.2. The summed E-state index contributed by atoms with van der Waals surface area (Å²) in [6.07, 6.45) is 5.96. The van der Waals surface area contributed by atoms with Crippen molar-refractivity contribution in [2.75, 3.05) is 19.7 Å². The number of nitrogens with one attached hydrogen (secondary N) is 1. The van der Waals surface area contributed by atoms with Gasteiger partial charge in [-0.05, 0) is 50.1 Å². The molecule has 5 nitrogen and oxygen atoms in total. The van der Waals surface area contributed by atoms with Crippen LogP contribution in [0.2, 0.25) is 0 Å². The van der Waals surface area contributed by atoms with Gasteiger partial charge in [-0.15, -0.1) is 0 Å². The summed E-state index contributed by atoms with van der Waals surface area (Å²) >= 11 is 0. The van der Waals surface area contributed by atoms with Crippen molar-refractivity contribution in [2.45, 2.75) is 50.3 Å². The molecule has 0 saturated heterocycles. The topological polar surface area (TPSA) is 81.4 Å². The zero-order valence-electron chi connectivity index (χ0n) is 13.4. The fourth-order valence-corrected chi connectivity index (χ4v) is 3.07. The molecular formula is C16H28N2O3S. The summed E-state index contributed by atoms with van der Waals surface area (Å²) in [7, 11) is -3.43. The molecule has 0 amide bonds. The van der Waals surface area contributed by atoms with Gasteiger partial charge in [0.1, 0.15) is 5.75 Å². The van der Waals surface area contributed by atoms with Gasteiger partial charge < -0.3 is 10.5 Å². The van der Waals surface area contributed by atoms with Crippen LogP contribution in [0, 0.1) is 0 Å². The van der Waals surface area contributed by atoms with Crippen LogP contribution in [0.3, 0.4) is 0 Å². The van der Waals surface area contributed by atoms with Crippen LogP contribution >= 0.6 is 0 Å². The zero-order chi connectivity index (χ0) is 16.3. The van der Waals surface area contributed by atoms with Gasteiger partial charge in [-0.25, -0.2) is 13.1 Å². The van der Waals surface area contributed by atoms with Gasteiger partial charge in [0.2, 0.25) is 10.0 Å². The molecule has 0 aliphatic heterocycles. The normalized spacial score (nSPS) is 11.5. The number of ether oxygens (including phenoxy) is 1. The van der Waals surface area contributed by atoms with Crippen LogP contribution in [0.25, 0.3) is 0 Å². The minimum Gasteiger partial charge on any atom is -0.494 e. The second-order valence-electron chi connectivity index (χ2n) is 5.27. The smallest absolute Gasteiger partial charge is 0.240 e. The lowest BCUT2D eigenvalue weighted by Gasteiger charge is -2.09. The van der Waals surface area contributed by atoms with E-state index >= 15 is 0 Å². The number of hydrogen-bond donors (Lipinski definition) is 2. The van der Waals surface area contributed by atoms with Crippen LogP contribution in [0.5, 0.6) is 5.75 Å². The lowest BCUT2D eigenvalue weighted by molar-refractivity contribution is 0.306. The molecule has 0 bridgehead atoms. The van der Waals surface area contributed by atoms with Crippen LogP contribution in [0.1, 0.15) is 45.4 Å². The molecule has 1 aromatic rings. The van der Waals surface area contributed by atoms with Crippen molar-refractivity contribution in [2.24, 2.45) is 5.73 Å². The molecule has 0 spiro atoms. The summed E-state index contributed by atoms with van der Waals surface area (Å²) in [5.74, 6) is 0.706. The van der Waals surface area contributed by atoms with Crippen molar-refractivity contribution in [3.63, 3.8) is 0 Å². The van der Waals surface area contributed by atoms with Gasteiger partial charge in [-0.3, -0.25) is 0 Å². The summed E-state index contributed by atoms with van der Waals surface area (Å²) in [6, 6.07) is 6.57. The number of nitrogens with two attached hydrogens (primary N) is 1. The number of unbranched alkanes of at least 4 members (excludes halogenated alkanes) is 4. The molecule has 0 unspecified atom stereocenters. The first kappa shape index (κ1) is 18.9. The van der Waals surface area contributed by atoms with Gasteiger partial charge in [-0.1, -0.05) is 26.2 Å². The second kappa shape index (κ2) is 10.6. The molecule has 1 rings (SSSR count). The Morgan fingerprint density at radius 1 is 1.05 bits per heavy atom. The highest BCUT2D eigenvalue weighted by atomic mass is 32.2. The van der Waals surface area contributed by atoms with Crippen molar-refractivity contribution < 1.29 is 13.2 Å². The SMILES string of the molecule is CCCCCOc1ccc(S(=O)(=O)NCCCCCN)cc1. The van der Waals surface area contributed by atoms with E-state index in [-0.39, 0.29) is 4.90 Å². The van der Waals surface area contributed by atoms with Crippen LogP contribution in [-0.2, 0) is 10.0 Å². The summed E-state index contributed by atoms with van der Waals surface area (Å²) in [6.45, 7) is 3.89.